The molecule has 4 heterocycles. The Balaban J connectivity index is 0.000000196. The fourth-order valence-electron chi connectivity index (χ4n) is 8.24. The van der Waals surface area contributed by atoms with Crippen LogP contribution in [-0.4, -0.2) is 72.2 Å². The summed E-state index contributed by atoms with van der Waals surface area (Å²) < 4.78 is 5.91. The molecule has 9 heteroatoms. The summed E-state index contributed by atoms with van der Waals surface area (Å²) in [6.45, 7) is 9.47. The molecule has 2 N–H and O–H groups in total. The van der Waals surface area contributed by atoms with Crippen molar-refractivity contribution in [1.29, 1.82) is 0 Å². The lowest BCUT2D eigenvalue weighted by Gasteiger charge is -2.26. The van der Waals surface area contributed by atoms with Gasteiger partial charge in [0.05, 0.1) is 17.6 Å². The highest BCUT2D eigenvalue weighted by Crippen LogP contribution is 2.28. The molecule has 7 nitrogen and oxygen atoms in total. The molecule has 2 aromatic heterocycles. The van der Waals surface area contributed by atoms with Crippen LogP contribution >= 0.6 is 23.2 Å². The fraction of sp³-hybridized carbons (Fsp3) is 0.510. The van der Waals surface area contributed by atoms with Crippen LogP contribution in [0.2, 0.25) is 10.0 Å². The van der Waals surface area contributed by atoms with Crippen LogP contribution in [0.4, 0.5) is 17.1 Å². The summed E-state index contributed by atoms with van der Waals surface area (Å²) >= 11 is 12.1. The predicted octanol–water partition coefficient (Wildman–Crippen LogP) is 13.6. The Bertz CT molecular complexity index is 1910. The van der Waals surface area contributed by atoms with Crippen LogP contribution in [0.5, 0.6) is 5.75 Å². The summed E-state index contributed by atoms with van der Waals surface area (Å²) in [7, 11) is 0. The first-order valence-electron chi connectivity index (χ1n) is 22.4. The highest BCUT2D eigenvalue weighted by molar-refractivity contribution is 6.31. The van der Waals surface area contributed by atoms with E-state index in [2.05, 4.69) is 42.5 Å². The Morgan fingerprint density at radius 2 is 1.02 bits per heavy atom. The summed E-state index contributed by atoms with van der Waals surface area (Å²) in [5.74, 6) is 0.913. The van der Waals surface area contributed by atoms with Gasteiger partial charge >= 0.3 is 0 Å². The maximum absolute atomic E-state index is 6.07. The number of benzene rings is 3. The lowest BCUT2D eigenvalue weighted by atomic mass is 10.1. The van der Waals surface area contributed by atoms with Crippen molar-refractivity contribution in [1.82, 2.24) is 19.8 Å². The molecule has 0 saturated carbocycles. The van der Waals surface area contributed by atoms with Gasteiger partial charge in [0.25, 0.3) is 0 Å². The summed E-state index contributed by atoms with van der Waals surface area (Å²) in [5, 5.41) is 10.7. The van der Waals surface area contributed by atoms with E-state index in [4.69, 9.17) is 27.9 Å². The number of nitrogens with one attached hydrogen (secondary N) is 2. The molecule has 5 aromatic rings. The van der Waals surface area contributed by atoms with Crippen LogP contribution < -0.4 is 15.4 Å². The molecular weight excluding hydrogens is 759 g/mol. The first kappa shape index (κ1) is 43.9. The van der Waals surface area contributed by atoms with E-state index in [0.717, 1.165) is 75.8 Å². The maximum Gasteiger partial charge on any atom is 0.119 e. The summed E-state index contributed by atoms with van der Waals surface area (Å²) in [6, 6.07) is 23.8. The molecule has 2 saturated heterocycles. The first-order valence-corrected chi connectivity index (χ1v) is 23.1. The van der Waals surface area contributed by atoms with E-state index in [1.54, 1.807) is 6.20 Å². The lowest BCUT2D eigenvalue weighted by Crippen LogP contribution is -2.31. The second-order valence-corrected chi connectivity index (χ2v) is 17.0. The van der Waals surface area contributed by atoms with Crippen molar-refractivity contribution >= 4 is 62.1 Å². The average Bonchev–Trinajstić information content (AvgIpc) is 3.25. The molecule has 0 radical (unpaired) electrons. The Morgan fingerprint density at radius 1 is 0.517 bits per heavy atom. The number of unbranched alkanes of at least 4 members (excludes halogenated alkanes) is 9. The van der Waals surface area contributed by atoms with E-state index in [9.17, 15) is 0 Å². The van der Waals surface area contributed by atoms with Crippen molar-refractivity contribution in [2.45, 2.75) is 109 Å². The highest BCUT2D eigenvalue weighted by Gasteiger charge is 2.10. The number of aromatic nitrogens is 2. The van der Waals surface area contributed by atoms with Crippen LogP contribution in [0.1, 0.15) is 109 Å². The summed E-state index contributed by atoms with van der Waals surface area (Å²) in [5.41, 5.74) is 5.03. The third-order valence-corrected chi connectivity index (χ3v) is 12.0. The van der Waals surface area contributed by atoms with Gasteiger partial charge in [-0.25, -0.2) is 0 Å². The Kier molecular flexibility index (Phi) is 19.0. The third-order valence-electron chi connectivity index (χ3n) is 11.5. The number of anilines is 3. The van der Waals surface area contributed by atoms with Crippen molar-refractivity contribution in [3.05, 3.63) is 95.2 Å². The van der Waals surface area contributed by atoms with Gasteiger partial charge in [-0.1, -0.05) is 87.4 Å². The van der Waals surface area contributed by atoms with Crippen LogP contribution in [0.3, 0.4) is 0 Å². The minimum Gasteiger partial charge on any atom is -0.494 e. The fourth-order valence-corrected chi connectivity index (χ4v) is 8.57. The van der Waals surface area contributed by atoms with Crippen LogP contribution in [-0.2, 0) is 0 Å². The van der Waals surface area contributed by atoms with Gasteiger partial charge in [-0.2, -0.15) is 0 Å². The topological polar surface area (TPSA) is 65.6 Å². The van der Waals surface area contributed by atoms with Crippen molar-refractivity contribution in [3.63, 3.8) is 0 Å². The second-order valence-electron chi connectivity index (χ2n) is 16.2. The molecule has 2 aliphatic heterocycles. The highest BCUT2D eigenvalue weighted by atomic mass is 35.5. The number of ether oxygens (including phenoxy) is 1. The molecular formula is C49H66Cl2N6O. The molecule has 2 fully saturated rings. The molecule has 7 rings (SSSR count). The minimum atomic E-state index is 0.693. The van der Waals surface area contributed by atoms with Gasteiger partial charge < -0.3 is 25.2 Å². The standard InChI is InChI=1S/C26H40ClN3.C23H26ClN3O/c27-23-14-15-24-25(16-18-29-26(24)22-23)28-17-10-7-5-3-1-2-4-6-8-11-19-30-20-12-9-13-21-30;24-18-5-10-21-22(11-12-25-23(21)17-18)26-19-6-8-20(9-7-19)28-16-4-15-27-13-2-1-3-14-27/h14-16,18,22H,1-13,17,19-21H2,(H,28,29);5-12,17H,1-4,13-16H2,(H,25,26). The predicted molar refractivity (Wildman–Crippen MR) is 249 cm³/mol. The summed E-state index contributed by atoms with van der Waals surface area (Å²) in [6.07, 6.45) is 26.9. The monoisotopic (exact) mass is 824 g/mol. The van der Waals surface area contributed by atoms with Gasteiger partial charge in [0.2, 0.25) is 0 Å². The molecule has 0 unspecified atom stereocenters. The van der Waals surface area contributed by atoms with Crippen LogP contribution in [0.25, 0.3) is 21.8 Å². The number of pyridine rings is 2. The number of fused-ring (bicyclic) bond motifs is 2. The van der Waals surface area contributed by atoms with Crippen LogP contribution in [0, 0.1) is 0 Å². The number of halogens is 2. The average molecular weight is 826 g/mol. The smallest absolute Gasteiger partial charge is 0.119 e. The zero-order valence-electron chi connectivity index (χ0n) is 34.7. The molecule has 0 bridgehead atoms. The van der Waals surface area contributed by atoms with Gasteiger partial charge in [-0.15, -0.1) is 0 Å². The lowest BCUT2D eigenvalue weighted by molar-refractivity contribution is 0.205. The van der Waals surface area contributed by atoms with Gasteiger partial charge in [-0.05, 0) is 150 Å². The van der Waals surface area contributed by atoms with E-state index in [1.165, 1.54) is 135 Å². The SMILES string of the molecule is Clc1ccc2c(NCCCCCCCCCCCCN3CCCCC3)ccnc2c1.Clc1ccc2c(Nc3ccc(OCCCN4CCCCC4)cc3)ccnc2c1. The largest absolute Gasteiger partial charge is 0.494 e. The minimum absolute atomic E-state index is 0.693. The second kappa shape index (κ2) is 25.1. The van der Waals surface area contributed by atoms with E-state index in [0.29, 0.717) is 5.02 Å². The van der Waals surface area contributed by atoms with Gasteiger partial charge in [0.1, 0.15) is 5.75 Å². The number of likely N-dealkylation sites (tertiary alicyclic amines) is 2. The zero-order chi connectivity index (χ0) is 40.0. The van der Waals surface area contributed by atoms with E-state index in [-0.39, 0.29) is 0 Å². The van der Waals surface area contributed by atoms with E-state index >= 15 is 0 Å². The zero-order valence-corrected chi connectivity index (χ0v) is 36.2. The quantitative estimate of drug-likeness (QED) is 0.0714. The van der Waals surface area contributed by atoms with Crippen molar-refractivity contribution in [3.8, 4) is 5.75 Å². The van der Waals surface area contributed by atoms with Gasteiger partial charge in [-0.3, -0.25) is 9.97 Å². The Morgan fingerprint density at radius 3 is 1.60 bits per heavy atom. The normalized spacial score (nSPS) is 14.9. The number of hydrogen-bond acceptors (Lipinski definition) is 7. The Hall–Kier alpha value is -3.62. The molecule has 0 spiro atoms. The molecule has 312 valence electrons. The number of hydrogen-bond donors (Lipinski definition) is 2. The maximum atomic E-state index is 6.07. The van der Waals surface area contributed by atoms with Gasteiger partial charge in [0, 0.05) is 63.4 Å². The van der Waals surface area contributed by atoms with E-state index < -0.39 is 0 Å². The molecule has 0 atom stereocenters. The van der Waals surface area contributed by atoms with Crippen LogP contribution in [0.15, 0.2) is 85.2 Å². The summed E-state index contributed by atoms with van der Waals surface area (Å²) in [4.78, 5) is 14.0. The number of nitrogens with zero attached hydrogens (tertiary/aromatic N) is 4. The van der Waals surface area contributed by atoms with Crippen molar-refractivity contribution in [2.75, 3.05) is 63.1 Å². The third kappa shape index (κ3) is 15.2. The number of piperidine rings is 2. The van der Waals surface area contributed by atoms with Crippen molar-refractivity contribution < 1.29 is 4.74 Å². The van der Waals surface area contributed by atoms with Gasteiger partial charge in [0.15, 0.2) is 0 Å². The molecule has 3 aromatic carbocycles. The number of rotatable bonds is 21. The Labute approximate surface area is 358 Å². The molecule has 2 aliphatic rings. The van der Waals surface area contributed by atoms with Crippen molar-refractivity contribution in [2.24, 2.45) is 0 Å². The van der Waals surface area contributed by atoms with E-state index in [1.807, 2.05) is 66.9 Å². The molecule has 0 amide bonds. The molecule has 58 heavy (non-hydrogen) atoms. The first-order chi connectivity index (χ1) is 28.6. The molecule has 0 aliphatic carbocycles.